The van der Waals surface area contributed by atoms with E-state index in [-0.39, 0.29) is 17.9 Å². The molecule has 1 aromatic heterocycles. The predicted molar refractivity (Wildman–Crippen MR) is 102 cm³/mol. The lowest BCUT2D eigenvalue weighted by molar-refractivity contribution is -0.122. The number of piperidine rings is 1. The molecule has 0 spiro atoms. The Morgan fingerprint density at radius 3 is 2.68 bits per heavy atom. The van der Waals surface area contributed by atoms with Crippen molar-refractivity contribution < 1.29 is 9.21 Å². The van der Waals surface area contributed by atoms with E-state index in [4.69, 9.17) is 4.42 Å². The number of carbonyl (C=O) groups is 1. The number of nitrogens with one attached hydrogen (secondary N) is 2. The van der Waals surface area contributed by atoms with Gasteiger partial charge in [-0.15, -0.1) is 0 Å². The number of carbonyl (C=O) groups excluding carboxylic acids is 1. The van der Waals surface area contributed by atoms with Crippen molar-refractivity contribution in [3.63, 3.8) is 0 Å². The minimum Gasteiger partial charge on any atom is -0.459 e. The molecule has 0 saturated carbocycles. The molecular formula is C21H30N2O2. The van der Waals surface area contributed by atoms with Gasteiger partial charge in [-0.25, -0.2) is 0 Å². The molecule has 2 aromatic rings. The highest BCUT2D eigenvalue weighted by molar-refractivity contribution is 5.82. The number of aryl methyl sites for hydroxylation is 1. The van der Waals surface area contributed by atoms with E-state index in [0.717, 1.165) is 41.8 Å². The molecule has 136 valence electrons. The monoisotopic (exact) mass is 342 g/mol. The Balaban J connectivity index is 1.68. The summed E-state index contributed by atoms with van der Waals surface area (Å²) >= 11 is 0. The maximum atomic E-state index is 12.5. The molecule has 1 amide bonds. The van der Waals surface area contributed by atoms with Gasteiger partial charge in [0.1, 0.15) is 11.3 Å². The topological polar surface area (TPSA) is 54.3 Å². The quantitative estimate of drug-likeness (QED) is 0.821. The molecule has 4 heteroatoms. The summed E-state index contributed by atoms with van der Waals surface area (Å²) in [6.07, 6.45) is 3.96. The largest absolute Gasteiger partial charge is 0.459 e. The smallest absolute Gasteiger partial charge is 0.220 e. The van der Waals surface area contributed by atoms with E-state index in [0.29, 0.717) is 12.3 Å². The van der Waals surface area contributed by atoms with Crippen LogP contribution in [-0.2, 0) is 4.79 Å². The standard InChI is InChI=1S/C21H30N2O2/c1-14(2)20(21-15(3)17-6-4-5-7-18(17)25-21)23-19(24)9-8-16-10-12-22-13-11-16/h4-7,14,16,20,22H,8-13H2,1-3H3,(H,23,24). The molecule has 3 rings (SSSR count). The Hall–Kier alpha value is -1.81. The number of hydrogen-bond donors (Lipinski definition) is 2. The number of para-hydroxylation sites is 1. The van der Waals surface area contributed by atoms with Crippen LogP contribution in [-0.4, -0.2) is 19.0 Å². The summed E-state index contributed by atoms with van der Waals surface area (Å²) in [5.41, 5.74) is 2.03. The molecule has 1 aliphatic heterocycles. The first-order valence-corrected chi connectivity index (χ1v) is 9.54. The third-order valence-electron chi connectivity index (χ3n) is 5.38. The summed E-state index contributed by atoms with van der Waals surface area (Å²) in [7, 11) is 0. The first-order valence-electron chi connectivity index (χ1n) is 9.54. The van der Waals surface area contributed by atoms with Crippen LogP contribution in [0.2, 0.25) is 0 Å². The maximum Gasteiger partial charge on any atom is 0.220 e. The van der Waals surface area contributed by atoms with Crippen LogP contribution < -0.4 is 10.6 Å². The van der Waals surface area contributed by atoms with E-state index in [9.17, 15) is 4.79 Å². The normalized spacial score (nSPS) is 17.1. The molecule has 4 nitrogen and oxygen atoms in total. The first-order chi connectivity index (χ1) is 12.1. The Morgan fingerprint density at radius 1 is 1.28 bits per heavy atom. The second kappa shape index (κ2) is 8.05. The van der Waals surface area contributed by atoms with E-state index in [2.05, 4.69) is 37.5 Å². The Morgan fingerprint density at radius 2 is 2.00 bits per heavy atom. The average molecular weight is 342 g/mol. The summed E-state index contributed by atoms with van der Waals surface area (Å²) in [5.74, 6) is 1.99. The van der Waals surface area contributed by atoms with Crippen LogP contribution in [0.5, 0.6) is 0 Å². The van der Waals surface area contributed by atoms with Crippen LogP contribution >= 0.6 is 0 Å². The summed E-state index contributed by atoms with van der Waals surface area (Å²) in [5, 5.41) is 7.73. The molecule has 1 aromatic carbocycles. The van der Waals surface area contributed by atoms with E-state index in [1.54, 1.807) is 0 Å². The maximum absolute atomic E-state index is 12.5. The fraction of sp³-hybridized carbons (Fsp3) is 0.571. The fourth-order valence-corrected chi connectivity index (χ4v) is 3.78. The molecule has 1 atom stereocenters. The van der Waals surface area contributed by atoms with E-state index >= 15 is 0 Å². The van der Waals surface area contributed by atoms with Crippen LogP contribution in [0.25, 0.3) is 11.0 Å². The van der Waals surface area contributed by atoms with Crippen molar-refractivity contribution in [3.8, 4) is 0 Å². The van der Waals surface area contributed by atoms with E-state index < -0.39 is 0 Å². The third-order valence-corrected chi connectivity index (χ3v) is 5.38. The van der Waals surface area contributed by atoms with Gasteiger partial charge < -0.3 is 15.1 Å². The fourth-order valence-electron chi connectivity index (χ4n) is 3.78. The van der Waals surface area contributed by atoms with Crippen LogP contribution in [0.15, 0.2) is 28.7 Å². The van der Waals surface area contributed by atoms with E-state index in [1.807, 2.05) is 18.2 Å². The van der Waals surface area contributed by atoms with Crippen molar-refractivity contribution in [3.05, 3.63) is 35.6 Å². The lowest BCUT2D eigenvalue weighted by Crippen LogP contribution is -2.33. The Bertz CT molecular complexity index is 714. The number of hydrogen-bond acceptors (Lipinski definition) is 3. The Labute approximate surface area is 150 Å². The SMILES string of the molecule is Cc1c(C(NC(=O)CCC2CCNCC2)C(C)C)oc2ccccc12. The van der Waals surface area contributed by atoms with Crippen molar-refractivity contribution in [2.75, 3.05) is 13.1 Å². The van der Waals surface area contributed by atoms with Gasteiger partial charge in [-0.05, 0) is 57.2 Å². The third kappa shape index (κ3) is 4.24. The predicted octanol–water partition coefficient (Wildman–Crippen LogP) is 4.33. The molecule has 2 N–H and O–H groups in total. The summed E-state index contributed by atoms with van der Waals surface area (Å²) in [4.78, 5) is 12.5. The van der Waals surface area contributed by atoms with Gasteiger partial charge in [0.2, 0.25) is 5.91 Å². The zero-order valence-electron chi connectivity index (χ0n) is 15.6. The van der Waals surface area contributed by atoms with Crippen molar-refractivity contribution in [2.24, 2.45) is 11.8 Å². The van der Waals surface area contributed by atoms with Gasteiger partial charge in [0, 0.05) is 17.4 Å². The molecule has 1 fully saturated rings. The van der Waals surface area contributed by atoms with Gasteiger partial charge >= 0.3 is 0 Å². The zero-order chi connectivity index (χ0) is 17.8. The number of amides is 1. The molecule has 1 aliphatic rings. The molecule has 1 saturated heterocycles. The summed E-state index contributed by atoms with van der Waals surface area (Å²) in [6.45, 7) is 8.50. The van der Waals surface area contributed by atoms with Gasteiger partial charge in [0.25, 0.3) is 0 Å². The highest BCUT2D eigenvalue weighted by Gasteiger charge is 2.25. The van der Waals surface area contributed by atoms with Crippen LogP contribution in [0, 0.1) is 18.8 Å². The van der Waals surface area contributed by atoms with Gasteiger partial charge in [-0.1, -0.05) is 32.0 Å². The minimum absolute atomic E-state index is 0.0760. The second-order valence-electron chi connectivity index (χ2n) is 7.61. The van der Waals surface area contributed by atoms with Gasteiger partial charge in [-0.3, -0.25) is 4.79 Å². The Kier molecular flexibility index (Phi) is 5.79. The first kappa shape index (κ1) is 18.0. The van der Waals surface area contributed by atoms with Gasteiger partial charge in [-0.2, -0.15) is 0 Å². The molecule has 0 aliphatic carbocycles. The van der Waals surface area contributed by atoms with Gasteiger partial charge in [0.05, 0.1) is 6.04 Å². The second-order valence-corrected chi connectivity index (χ2v) is 7.61. The summed E-state index contributed by atoms with van der Waals surface area (Å²) < 4.78 is 6.09. The summed E-state index contributed by atoms with van der Waals surface area (Å²) in [6, 6.07) is 8.00. The van der Waals surface area contributed by atoms with Crippen LogP contribution in [0.1, 0.15) is 56.9 Å². The molecule has 2 heterocycles. The lowest BCUT2D eigenvalue weighted by atomic mass is 9.92. The van der Waals surface area contributed by atoms with E-state index in [1.165, 1.54) is 12.8 Å². The molecule has 1 unspecified atom stereocenters. The number of fused-ring (bicyclic) bond motifs is 1. The van der Waals surface area contributed by atoms with Gasteiger partial charge in [0.15, 0.2) is 0 Å². The molecular weight excluding hydrogens is 312 g/mol. The number of benzene rings is 1. The van der Waals surface area contributed by atoms with Crippen molar-refractivity contribution >= 4 is 16.9 Å². The minimum atomic E-state index is -0.0760. The highest BCUT2D eigenvalue weighted by atomic mass is 16.3. The van der Waals surface area contributed by atoms with Crippen LogP contribution in [0.4, 0.5) is 0 Å². The van der Waals surface area contributed by atoms with Crippen LogP contribution in [0.3, 0.4) is 0 Å². The molecule has 0 radical (unpaired) electrons. The van der Waals surface area contributed by atoms with Crippen molar-refractivity contribution in [1.82, 2.24) is 10.6 Å². The number of rotatable bonds is 6. The number of furan rings is 1. The van der Waals surface area contributed by atoms with Crippen molar-refractivity contribution in [1.29, 1.82) is 0 Å². The van der Waals surface area contributed by atoms with Crippen molar-refractivity contribution in [2.45, 2.75) is 52.5 Å². The average Bonchev–Trinajstić information content (AvgIpc) is 2.95. The highest BCUT2D eigenvalue weighted by Crippen LogP contribution is 2.33. The molecule has 25 heavy (non-hydrogen) atoms. The molecule has 0 bridgehead atoms. The zero-order valence-corrected chi connectivity index (χ0v) is 15.6. The lowest BCUT2D eigenvalue weighted by Gasteiger charge is -2.24.